The van der Waals surface area contributed by atoms with Crippen LogP contribution < -0.4 is 5.32 Å². The number of rotatable bonds is 7. The van der Waals surface area contributed by atoms with Gasteiger partial charge in [-0.25, -0.2) is 4.98 Å². The molecule has 1 rings (SSSR count). The number of hydrogen-bond donors (Lipinski definition) is 2. The van der Waals surface area contributed by atoms with Gasteiger partial charge >= 0.3 is 0 Å². The van der Waals surface area contributed by atoms with Crippen LogP contribution in [0.3, 0.4) is 0 Å². The molecule has 0 saturated carbocycles. The number of ether oxygens (including phenoxy) is 2. The Morgan fingerprint density at radius 2 is 2.00 bits per heavy atom. The van der Waals surface area contributed by atoms with Crippen LogP contribution in [0.2, 0.25) is 0 Å². The van der Waals surface area contributed by atoms with E-state index in [1.54, 1.807) is 0 Å². The average molecular weight is 412 g/mol. The third-order valence-corrected chi connectivity index (χ3v) is 3.60. The molecule has 0 aliphatic rings. The van der Waals surface area contributed by atoms with E-state index in [0.717, 1.165) is 0 Å². The fourth-order valence-corrected chi connectivity index (χ4v) is 2.40. The SMILES string of the molecule is CCOC(CC(=O)Nc1ncc(Br)c(O)c1Br)OCC. The lowest BCUT2D eigenvalue weighted by atomic mass is 10.3. The first-order chi connectivity index (χ1) is 9.49. The third kappa shape index (κ3) is 5.01. The molecule has 0 unspecified atom stereocenters. The van der Waals surface area contributed by atoms with Crippen molar-refractivity contribution in [1.29, 1.82) is 0 Å². The summed E-state index contributed by atoms with van der Waals surface area (Å²) in [5, 5.41) is 12.3. The Balaban J connectivity index is 2.68. The number of nitrogens with zero attached hydrogens (tertiary/aromatic N) is 1. The smallest absolute Gasteiger partial charge is 0.230 e. The molecule has 6 nitrogen and oxygen atoms in total. The zero-order valence-corrected chi connectivity index (χ0v) is 14.3. The number of pyridine rings is 1. The predicted octanol–water partition coefficient (Wildman–Crippen LogP) is 3.04. The van der Waals surface area contributed by atoms with Gasteiger partial charge in [0.05, 0.1) is 10.9 Å². The number of anilines is 1. The quantitative estimate of drug-likeness (QED) is 0.674. The maximum absolute atomic E-state index is 11.9. The lowest BCUT2D eigenvalue weighted by Gasteiger charge is -2.16. The van der Waals surface area contributed by atoms with Gasteiger partial charge in [0.2, 0.25) is 5.91 Å². The monoisotopic (exact) mass is 410 g/mol. The van der Waals surface area contributed by atoms with E-state index in [-0.39, 0.29) is 23.9 Å². The van der Waals surface area contributed by atoms with Crippen LogP contribution in [-0.2, 0) is 14.3 Å². The van der Waals surface area contributed by atoms with E-state index >= 15 is 0 Å². The van der Waals surface area contributed by atoms with Crippen LogP contribution in [0, 0.1) is 0 Å². The number of aromatic hydroxyl groups is 1. The molecule has 1 heterocycles. The number of hydrogen-bond acceptors (Lipinski definition) is 5. The second kappa shape index (κ2) is 8.56. The first kappa shape index (κ1) is 17.4. The van der Waals surface area contributed by atoms with Gasteiger partial charge < -0.3 is 19.9 Å². The van der Waals surface area contributed by atoms with Gasteiger partial charge in [-0.1, -0.05) is 0 Å². The van der Waals surface area contributed by atoms with Crippen molar-refractivity contribution in [3.63, 3.8) is 0 Å². The van der Waals surface area contributed by atoms with Crippen molar-refractivity contribution in [2.24, 2.45) is 0 Å². The van der Waals surface area contributed by atoms with Crippen LogP contribution in [0.5, 0.6) is 5.75 Å². The molecule has 1 aromatic rings. The van der Waals surface area contributed by atoms with E-state index in [2.05, 4.69) is 42.2 Å². The van der Waals surface area contributed by atoms with Crippen LogP contribution in [0.4, 0.5) is 5.82 Å². The zero-order chi connectivity index (χ0) is 15.1. The number of carbonyl (C=O) groups is 1. The topological polar surface area (TPSA) is 80.7 Å². The second-order valence-electron chi connectivity index (χ2n) is 3.71. The van der Waals surface area contributed by atoms with E-state index in [4.69, 9.17) is 9.47 Å². The fourth-order valence-electron chi connectivity index (χ4n) is 1.42. The number of halogens is 2. The van der Waals surface area contributed by atoms with Gasteiger partial charge in [-0.3, -0.25) is 4.79 Å². The standard InChI is InChI=1S/C12H16Br2N2O4/c1-3-19-9(20-4-2)5-8(17)16-12-10(14)11(18)7(13)6-15-12/h6,9H,3-5H2,1-2H3,(H2,15,16,17,18). The Morgan fingerprint density at radius 3 is 2.55 bits per heavy atom. The highest BCUT2D eigenvalue weighted by molar-refractivity contribution is 9.11. The van der Waals surface area contributed by atoms with Crippen molar-refractivity contribution >= 4 is 43.6 Å². The Hall–Kier alpha value is -0.700. The maximum atomic E-state index is 11.9. The summed E-state index contributed by atoms with van der Waals surface area (Å²) in [7, 11) is 0. The molecule has 0 bridgehead atoms. The Labute approximate surface area is 134 Å². The molecule has 2 N–H and O–H groups in total. The van der Waals surface area contributed by atoms with E-state index in [1.165, 1.54) is 6.20 Å². The van der Waals surface area contributed by atoms with Crippen molar-refractivity contribution in [3.05, 3.63) is 15.1 Å². The molecule has 20 heavy (non-hydrogen) atoms. The Bertz CT molecular complexity index is 465. The number of aromatic nitrogens is 1. The van der Waals surface area contributed by atoms with Crippen molar-refractivity contribution in [3.8, 4) is 5.75 Å². The largest absolute Gasteiger partial charge is 0.505 e. The molecule has 0 fully saturated rings. The minimum Gasteiger partial charge on any atom is -0.505 e. The zero-order valence-electron chi connectivity index (χ0n) is 11.2. The summed E-state index contributed by atoms with van der Waals surface area (Å²) in [6.07, 6.45) is 0.859. The Morgan fingerprint density at radius 1 is 1.40 bits per heavy atom. The number of carbonyl (C=O) groups excluding carboxylic acids is 1. The second-order valence-corrected chi connectivity index (χ2v) is 5.36. The Kier molecular flexibility index (Phi) is 7.42. The lowest BCUT2D eigenvalue weighted by Crippen LogP contribution is -2.25. The molecule has 0 saturated heterocycles. The lowest BCUT2D eigenvalue weighted by molar-refractivity contribution is -0.150. The average Bonchev–Trinajstić information content (AvgIpc) is 2.40. The van der Waals surface area contributed by atoms with Gasteiger partial charge in [0.25, 0.3) is 0 Å². The predicted molar refractivity (Wildman–Crippen MR) is 81.6 cm³/mol. The van der Waals surface area contributed by atoms with Crippen LogP contribution in [0.1, 0.15) is 20.3 Å². The summed E-state index contributed by atoms with van der Waals surface area (Å²) in [5.74, 6) is -0.101. The van der Waals surface area contributed by atoms with Crippen LogP contribution in [0.25, 0.3) is 0 Å². The van der Waals surface area contributed by atoms with E-state index in [0.29, 0.717) is 22.2 Å². The van der Waals surface area contributed by atoms with Gasteiger partial charge in [-0.05, 0) is 45.7 Å². The molecular formula is C12H16Br2N2O4. The van der Waals surface area contributed by atoms with E-state index in [9.17, 15) is 9.90 Å². The van der Waals surface area contributed by atoms with Crippen molar-refractivity contribution < 1.29 is 19.4 Å². The van der Waals surface area contributed by atoms with E-state index in [1.807, 2.05) is 13.8 Å². The minimum atomic E-state index is -0.590. The first-order valence-corrected chi connectivity index (χ1v) is 7.64. The summed E-state index contributed by atoms with van der Waals surface area (Å²) in [4.78, 5) is 15.9. The van der Waals surface area contributed by atoms with Crippen LogP contribution in [0.15, 0.2) is 15.1 Å². The van der Waals surface area contributed by atoms with Crippen molar-refractivity contribution in [2.75, 3.05) is 18.5 Å². The van der Waals surface area contributed by atoms with Gasteiger partial charge in [-0.2, -0.15) is 0 Å². The summed E-state index contributed by atoms with van der Waals surface area (Å²) >= 11 is 6.30. The summed E-state index contributed by atoms with van der Waals surface area (Å²) in [5.41, 5.74) is 0. The molecular weight excluding hydrogens is 396 g/mol. The molecule has 8 heteroatoms. The molecule has 0 spiro atoms. The molecule has 1 aromatic heterocycles. The summed E-state index contributed by atoms with van der Waals surface area (Å²) in [6, 6.07) is 0. The molecule has 0 aliphatic carbocycles. The van der Waals surface area contributed by atoms with Crippen LogP contribution >= 0.6 is 31.9 Å². The van der Waals surface area contributed by atoms with E-state index < -0.39 is 6.29 Å². The molecule has 0 radical (unpaired) electrons. The fraction of sp³-hybridized carbons (Fsp3) is 0.500. The number of nitrogens with one attached hydrogen (secondary N) is 1. The van der Waals surface area contributed by atoms with Gasteiger partial charge in [0.15, 0.2) is 12.1 Å². The molecule has 1 amide bonds. The maximum Gasteiger partial charge on any atom is 0.230 e. The van der Waals surface area contributed by atoms with Crippen molar-refractivity contribution in [2.45, 2.75) is 26.6 Å². The molecule has 112 valence electrons. The van der Waals surface area contributed by atoms with Gasteiger partial charge in [-0.15, -0.1) is 0 Å². The first-order valence-electron chi connectivity index (χ1n) is 6.05. The highest BCUT2D eigenvalue weighted by Crippen LogP contribution is 2.35. The summed E-state index contributed by atoms with van der Waals surface area (Å²) < 4.78 is 11.3. The van der Waals surface area contributed by atoms with Gasteiger partial charge in [0, 0.05) is 19.4 Å². The molecule has 0 atom stereocenters. The molecule has 0 aliphatic heterocycles. The summed E-state index contributed by atoms with van der Waals surface area (Å²) in [6.45, 7) is 4.57. The normalized spacial score (nSPS) is 10.8. The van der Waals surface area contributed by atoms with Crippen LogP contribution in [-0.4, -0.2) is 35.5 Å². The highest BCUT2D eigenvalue weighted by Gasteiger charge is 2.17. The van der Waals surface area contributed by atoms with Gasteiger partial charge in [0.1, 0.15) is 10.2 Å². The number of amides is 1. The highest BCUT2D eigenvalue weighted by atomic mass is 79.9. The minimum absolute atomic E-state index is 0.0264. The van der Waals surface area contributed by atoms with Crippen molar-refractivity contribution in [1.82, 2.24) is 4.98 Å². The third-order valence-electron chi connectivity index (χ3n) is 2.26. The molecule has 0 aromatic carbocycles.